The summed E-state index contributed by atoms with van der Waals surface area (Å²) in [5, 5.41) is 4.81. The second-order valence-corrected chi connectivity index (χ2v) is 8.91. The minimum atomic E-state index is -1.29. The largest absolute Gasteiger partial charge is 0.129 e. The number of hydrogen-bond donors (Lipinski definition) is 0. The smallest absolute Gasteiger partial charge is 0.0806 e. The number of allylic oxidation sites excluding steroid dienone is 4. The molecule has 22 heavy (non-hydrogen) atoms. The van der Waals surface area contributed by atoms with Gasteiger partial charge >= 0.3 is 0 Å². The third-order valence-electron chi connectivity index (χ3n) is 4.48. The highest BCUT2D eigenvalue weighted by molar-refractivity contribution is 6.91. The summed E-state index contributed by atoms with van der Waals surface area (Å²) in [5.74, 6) is 0. The summed E-state index contributed by atoms with van der Waals surface area (Å²) in [4.78, 5) is 0. The Morgan fingerprint density at radius 2 is 1.45 bits per heavy atom. The number of hydrogen-bond acceptors (Lipinski definition) is 0. The van der Waals surface area contributed by atoms with Gasteiger partial charge in [-0.3, -0.25) is 0 Å². The van der Waals surface area contributed by atoms with Crippen LogP contribution < -0.4 is 10.4 Å². The van der Waals surface area contributed by atoms with E-state index < -0.39 is 8.80 Å². The van der Waals surface area contributed by atoms with Gasteiger partial charge in [-0.05, 0) is 19.3 Å². The van der Waals surface area contributed by atoms with Crippen molar-refractivity contribution in [3.8, 4) is 0 Å². The molecule has 0 fully saturated rings. The highest BCUT2D eigenvalue weighted by Crippen LogP contribution is 2.25. The predicted molar refractivity (Wildman–Crippen MR) is 99.6 cm³/mol. The lowest BCUT2D eigenvalue weighted by molar-refractivity contribution is 0.797. The normalized spacial score (nSPS) is 14.1. The van der Waals surface area contributed by atoms with E-state index in [-0.39, 0.29) is 0 Å². The fraction of sp³-hybridized carbons (Fsp3) is 0.238. The SMILES string of the molecule is CCCCC1=C([SiH](c2ccccc2)c2ccccc2)CC=C1. The Morgan fingerprint density at radius 3 is 2.00 bits per heavy atom. The van der Waals surface area contributed by atoms with Crippen molar-refractivity contribution >= 4 is 19.2 Å². The summed E-state index contributed by atoms with van der Waals surface area (Å²) in [6.45, 7) is 2.28. The van der Waals surface area contributed by atoms with Gasteiger partial charge in [-0.15, -0.1) is 0 Å². The molecule has 0 N–H and O–H groups in total. The topological polar surface area (TPSA) is 0 Å². The Hall–Kier alpha value is -1.86. The fourth-order valence-electron chi connectivity index (χ4n) is 3.37. The zero-order valence-corrected chi connectivity index (χ0v) is 14.5. The van der Waals surface area contributed by atoms with Crippen LogP contribution in [0.5, 0.6) is 0 Å². The van der Waals surface area contributed by atoms with Crippen LogP contribution in [-0.4, -0.2) is 8.80 Å². The summed E-state index contributed by atoms with van der Waals surface area (Å²) >= 11 is 0. The van der Waals surface area contributed by atoms with Crippen LogP contribution in [0.1, 0.15) is 32.6 Å². The van der Waals surface area contributed by atoms with Gasteiger partial charge in [0.25, 0.3) is 0 Å². The first-order valence-electron chi connectivity index (χ1n) is 8.38. The average molecular weight is 305 g/mol. The lowest BCUT2D eigenvalue weighted by Crippen LogP contribution is -2.44. The Morgan fingerprint density at radius 1 is 0.864 bits per heavy atom. The van der Waals surface area contributed by atoms with E-state index in [0.717, 1.165) is 6.42 Å². The van der Waals surface area contributed by atoms with Gasteiger partial charge < -0.3 is 0 Å². The first-order valence-corrected chi connectivity index (χ1v) is 10.1. The van der Waals surface area contributed by atoms with Crippen LogP contribution in [0, 0.1) is 0 Å². The first kappa shape index (κ1) is 15.0. The molecule has 1 heteroatoms. The van der Waals surface area contributed by atoms with Crippen molar-refractivity contribution in [1.82, 2.24) is 0 Å². The molecule has 1 aliphatic rings. The van der Waals surface area contributed by atoms with Gasteiger partial charge in [0.15, 0.2) is 0 Å². The summed E-state index contributed by atoms with van der Waals surface area (Å²) < 4.78 is 0. The van der Waals surface area contributed by atoms with Gasteiger partial charge in [-0.2, -0.15) is 0 Å². The maximum absolute atomic E-state index is 2.39. The molecule has 0 bridgehead atoms. The van der Waals surface area contributed by atoms with E-state index >= 15 is 0 Å². The Kier molecular flexibility index (Phi) is 5.07. The molecule has 3 rings (SSSR count). The van der Waals surface area contributed by atoms with E-state index in [1.807, 2.05) is 0 Å². The van der Waals surface area contributed by atoms with Crippen LogP contribution in [0.3, 0.4) is 0 Å². The molecular formula is C21H24Si. The molecule has 0 unspecified atom stereocenters. The van der Waals surface area contributed by atoms with E-state index in [1.165, 1.54) is 19.3 Å². The zero-order valence-electron chi connectivity index (χ0n) is 13.3. The van der Waals surface area contributed by atoms with Gasteiger partial charge in [0.2, 0.25) is 0 Å². The van der Waals surface area contributed by atoms with Gasteiger partial charge in [-0.1, -0.05) is 107 Å². The van der Waals surface area contributed by atoms with Crippen LogP contribution in [0.25, 0.3) is 0 Å². The Balaban J connectivity index is 2.03. The molecule has 0 heterocycles. The quantitative estimate of drug-likeness (QED) is 0.707. The molecular weight excluding hydrogens is 280 g/mol. The van der Waals surface area contributed by atoms with Crippen LogP contribution >= 0.6 is 0 Å². The molecule has 0 saturated heterocycles. The summed E-state index contributed by atoms with van der Waals surface area (Å²) in [7, 11) is -1.29. The van der Waals surface area contributed by atoms with Crippen molar-refractivity contribution in [2.45, 2.75) is 32.6 Å². The number of benzene rings is 2. The second kappa shape index (κ2) is 7.41. The molecule has 0 saturated carbocycles. The molecule has 112 valence electrons. The van der Waals surface area contributed by atoms with Crippen LogP contribution in [-0.2, 0) is 0 Å². The lowest BCUT2D eigenvalue weighted by atomic mass is 10.1. The molecule has 0 spiro atoms. The minimum absolute atomic E-state index is 1.15. The number of unbranched alkanes of at least 4 members (excludes halogenated alkanes) is 1. The van der Waals surface area contributed by atoms with Crippen molar-refractivity contribution in [1.29, 1.82) is 0 Å². The molecule has 1 aliphatic carbocycles. The van der Waals surface area contributed by atoms with Crippen molar-refractivity contribution in [3.63, 3.8) is 0 Å². The lowest BCUT2D eigenvalue weighted by Gasteiger charge is -2.20. The Labute approximate surface area is 135 Å². The maximum Gasteiger partial charge on any atom is 0.129 e. The molecule has 0 aromatic heterocycles. The fourth-order valence-corrected chi connectivity index (χ4v) is 6.75. The van der Waals surface area contributed by atoms with E-state index in [0.29, 0.717) is 0 Å². The third-order valence-corrected chi connectivity index (χ3v) is 7.89. The number of rotatable bonds is 6. The van der Waals surface area contributed by atoms with Crippen LogP contribution in [0.2, 0.25) is 0 Å². The van der Waals surface area contributed by atoms with Gasteiger partial charge in [0, 0.05) is 0 Å². The minimum Gasteiger partial charge on any atom is -0.0806 e. The van der Waals surface area contributed by atoms with Crippen molar-refractivity contribution < 1.29 is 0 Å². The van der Waals surface area contributed by atoms with Gasteiger partial charge in [-0.25, -0.2) is 0 Å². The molecule has 2 aromatic rings. The van der Waals surface area contributed by atoms with E-state index in [4.69, 9.17) is 0 Å². The van der Waals surface area contributed by atoms with Crippen LogP contribution in [0.15, 0.2) is 83.6 Å². The first-order chi connectivity index (χ1) is 10.9. The van der Waals surface area contributed by atoms with Crippen molar-refractivity contribution in [2.24, 2.45) is 0 Å². The van der Waals surface area contributed by atoms with E-state index in [1.54, 1.807) is 21.1 Å². The molecule has 0 nitrogen and oxygen atoms in total. The molecule has 2 aromatic carbocycles. The predicted octanol–water partition coefficient (Wildman–Crippen LogP) is 4.01. The maximum atomic E-state index is 2.39. The zero-order chi connectivity index (χ0) is 15.2. The van der Waals surface area contributed by atoms with Crippen molar-refractivity contribution in [3.05, 3.63) is 83.6 Å². The monoisotopic (exact) mass is 304 g/mol. The summed E-state index contributed by atoms with van der Waals surface area (Å²) in [6.07, 6.45) is 9.72. The standard InChI is InChI=1S/C21H24Si/c1-2-3-11-18-12-10-17-21(18)22(19-13-6-4-7-14-19)20-15-8-5-9-16-20/h4-10,12-16,22H,2-3,11,17H2,1H3. The molecule has 0 aliphatic heterocycles. The highest BCUT2D eigenvalue weighted by atomic mass is 28.3. The Bertz CT molecular complexity index is 613. The average Bonchev–Trinajstić information content (AvgIpc) is 3.03. The highest BCUT2D eigenvalue weighted by Gasteiger charge is 2.24. The van der Waals surface area contributed by atoms with E-state index in [9.17, 15) is 0 Å². The summed E-state index contributed by atoms with van der Waals surface area (Å²) in [5.41, 5.74) is 1.62. The third kappa shape index (κ3) is 3.31. The van der Waals surface area contributed by atoms with Gasteiger partial charge in [0.1, 0.15) is 8.80 Å². The van der Waals surface area contributed by atoms with Crippen LogP contribution in [0.4, 0.5) is 0 Å². The molecule has 0 amide bonds. The van der Waals surface area contributed by atoms with Crippen molar-refractivity contribution in [2.75, 3.05) is 0 Å². The second-order valence-electron chi connectivity index (χ2n) is 6.01. The molecule has 0 atom stereocenters. The van der Waals surface area contributed by atoms with Gasteiger partial charge in [0.05, 0.1) is 0 Å². The molecule has 0 radical (unpaired) electrons. The van der Waals surface area contributed by atoms with E-state index in [2.05, 4.69) is 79.7 Å². The summed E-state index contributed by atoms with van der Waals surface area (Å²) in [6, 6.07) is 22.3.